The van der Waals surface area contributed by atoms with Crippen LogP contribution in [0.25, 0.3) is 0 Å². The summed E-state index contributed by atoms with van der Waals surface area (Å²) in [5.74, 6) is -4.03. The van der Waals surface area contributed by atoms with Gasteiger partial charge in [-0.1, -0.05) is 88.2 Å². The van der Waals surface area contributed by atoms with Gasteiger partial charge in [0, 0.05) is 67.3 Å². The highest BCUT2D eigenvalue weighted by Crippen LogP contribution is 2.60. The first-order valence-corrected chi connectivity index (χ1v) is 21.0. The molecule has 4 aliphatic heterocycles. The first kappa shape index (κ1) is 37.3. The van der Waals surface area contributed by atoms with Gasteiger partial charge in [0.05, 0.1) is 30.8 Å². The SMILES string of the molecule is COc1cc(Br)cc([C@H]2C3=CC[C@@H]4C(=O)N(C5CCN(Cc6ccccc6)CC5)C(=O)[C@@H]4[C@@H]3C[C@H]3C(=O)N(C4CCN(Cc5ccccc5)CC4)C(=O)[C@@H]23)c1O. The highest BCUT2D eigenvalue weighted by molar-refractivity contribution is 9.10. The summed E-state index contributed by atoms with van der Waals surface area (Å²) in [6.45, 7) is 4.80. The van der Waals surface area contributed by atoms with E-state index in [0.29, 0.717) is 35.7 Å². The standard InChI is InChI=1S/C45H49BrN4O6/c1-56-37-23-29(46)22-35(41(37)51)38-32-12-13-33-39(44(54)49(42(33)52)30-14-18-47(19-15-30)25-27-8-4-2-5-9-27)34(32)24-36-40(38)45(55)50(43(36)53)31-16-20-48(21-17-31)26-28-10-6-3-7-11-28/h2-12,22-23,30-31,33-34,36,38-40,51H,13-21,24-26H2,1H3/t33-,34+,36+,38+,39-,40+/m0/s1. The molecular weight excluding hydrogens is 772 g/mol. The van der Waals surface area contributed by atoms with E-state index in [1.807, 2.05) is 42.5 Å². The fourth-order valence-electron chi connectivity index (χ4n) is 11.0. The number of piperidine rings is 2. The molecule has 4 saturated heterocycles. The average molecular weight is 822 g/mol. The molecule has 1 saturated carbocycles. The summed E-state index contributed by atoms with van der Waals surface area (Å²) in [5, 5.41) is 11.7. The Hall–Kier alpha value is -4.32. The van der Waals surface area contributed by atoms with Gasteiger partial charge in [0.1, 0.15) is 0 Å². The number of hydrogen-bond donors (Lipinski definition) is 1. The first-order chi connectivity index (χ1) is 27.2. The Bertz CT molecular complexity index is 2040. The largest absolute Gasteiger partial charge is 0.504 e. The van der Waals surface area contributed by atoms with Crippen molar-refractivity contribution in [3.63, 3.8) is 0 Å². The van der Waals surface area contributed by atoms with Crippen molar-refractivity contribution in [1.82, 2.24) is 19.6 Å². The number of benzene rings is 3. The number of fused-ring (bicyclic) bond motifs is 4. The third-order valence-electron chi connectivity index (χ3n) is 13.7. The highest BCUT2D eigenvalue weighted by atomic mass is 79.9. The Labute approximate surface area is 336 Å². The molecule has 2 aliphatic carbocycles. The molecule has 10 nitrogen and oxygen atoms in total. The summed E-state index contributed by atoms with van der Waals surface area (Å²) in [4.78, 5) is 66.2. The molecule has 6 aliphatic rings. The Morgan fingerprint density at radius 3 is 1.73 bits per heavy atom. The minimum absolute atomic E-state index is 0.0752. The summed E-state index contributed by atoms with van der Waals surface area (Å²) in [6.07, 6.45) is 5.59. The maximum Gasteiger partial charge on any atom is 0.234 e. The molecule has 292 valence electrons. The molecule has 4 heterocycles. The van der Waals surface area contributed by atoms with Gasteiger partial charge in [-0.2, -0.15) is 0 Å². The maximum absolute atomic E-state index is 14.8. The number of rotatable bonds is 8. The Morgan fingerprint density at radius 1 is 0.679 bits per heavy atom. The van der Waals surface area contributed by atoms with E-state index in [9.17, 15) is 24.3 Å². The molecule has 0 bridgehead atoms. The molecule has 0 aromatic heterocycles. The molecule has 11 heteroatoms. The van der Waals surface area contributed by atoms with Crippen LogP contribution in [0.1, 0.15) is 61.1 Å². The van der Waals surface area contributed by atoms with E-state index < -0.39 is 35.5 Å². The third-order valence-corrected chi connectivity index (χ3v) is 14.1. The van der Waals surface area contributed by atoms with Gasteiger partial charge in [0.2, 0.25) is 23.6 Å². The second-order valence-electron chi connectivity index (χ2n) is 16.6. The van der Waals surface area contributed by atoms with E-state index in [2.05, 4.69) is 56.1 Å². The van der Waals surface area contributed by atoms with Gasteiger partial charge in [-0.15, -0.1) is 0 Å². The Kier molecular flexibility index (Phi) is 10.1. The topological polar surface area (TPSA) is 111 Å². The van der Waals surface area contributed by atoms with Gasteiger partial charge in [-0.05, 0) is 67.7 Å². The summed E-state index contributed by atoms with van der Waals surface area (Å²) in [7, 11) is 1.49. The lowest BCUT2D eigenvalue weighted by molar-refractivity contribution is -0.146. The number of hydrogen-bond acceptors (Lipinski definition) is 8. The normalized spacial score (nSPS) is 29.0. The lowest BCUT2D eigenvalue weighted by atomic mass is 9.57. The van der Waals surface area contributed by atoms with Crippen LogP contribution in [0.3, 0.4) is 0 Å². The highest BCUT2D eigenvalue weighted by Gasteiger charge is 2.63. The maximum atomic E-state index is 14.8. The Morgan fingerprint density at radius 2 is 1.20 bits per heavy atom. The van der Waals surface area contributed by atoms with E-state index in [0.717, 1.165) is 57.7 Å². The molecular formula is C45H49BrN4O6. The molecule has 56 heavy (non-hydrogen) atoms. The van der Waals surface area contributed by atoms with Crippen molar-refractivity contribution in [2.75, 3.05) is 33.3 Å². The average Bonchev–Trinajstić information content (AvgIpc) is 3.62. The first-order valence-electron chi connectivity index (χ1n) is 20.2. The molecule has 1 N–H and O–H groups in total. The number of amides is 4. The second kappa shape index (κ2) is 15.2. The van der Waals surface area contributed by atoms with E-state index >= 15 is 0 Å². The van der Waals surface area contributed by atoms with Gasteiger partial charge in [0.25, 0.3) is 0 Å². The lowest BCUT2D eigenvalue weighted by Gasteiger charge is -2.44. The number of phenols is 1. The predicted molar refractivity (Wildman–Crippen MR) is 213 cm³/mol. The fourth-order valence-corrected chi connectivity index (χ4v) is 11.5. The van der Waals surface area contributed by atoms with Crippen LogP contribution in [0.4, 0.5) is 0 Å². The van der Waals surface area contributed by atoms with Gasteiger partial charge < -0.3 is 9.84 Å². The molecule has 0 unspecified atom stereocenters. The fraction of sp³-hybridized carbons (Fsp3) is 0.467. The number of methoxy groups -OCH3 is 1. The lowest BCUT2D eigenvalue weighted by Crippen LogP contribution is -2.48. The zero-order valence-electron chi connectivity index (χ0n) is 31.8. The second-order valence-corrected chi connectivity index (χ2v) is 17.6. The van der Waals surface area contributed by atoms with Crippen LogP contribution in [0, 0.1) is 29.6 Å². The smallest absolute Gasteiger partial charge is 0.234 e. The van der Waals surface area contributed by atoms with Crippen LogP contribution < -0.4 is 4.74 Å². The summed E-state index contributed by atoms with van der Waals surface area (Å²) in [6, 6.07) is 23.8. The number of likely N-dealkylation sites (tertiary alicyclic amines) is 4. The van der Waals surface area contributed by atoms with Gasteiger partial charge in [0.15, 0.2) is 11.5 Å². The van der Waals surface area contributed by atoms with Crippen molar-refractivity contribution in [3.8, 4) is 11.5 Å². The van der Waals surface area contributed by atoms with E-state index in [-0.39, 0.29) is 47.2 Å². The van der Waals surface area contributed by atoms with E-state index in [1.165, 1.54) is 18.2 Å². The zero-order valence-corrected chi connectivity index (χ0v) is 33.4. The number of ether oxygens (including phenoxy) is 1. The number of allylic oxidation sites excluding steroid dienone is 2. The van der Waals surface area contributed by atoms with Crippen molar-refractivity contribution in [2.24, 2.45) is 29.6 Å². The third kappa shape index (κ3) is 6.49. The van der Waals surface area contributed by atoms with Gasteiger partial charge in [-0.25, -0.2) is 0 Å². The molecule has 0 radical (unpaired) electrons. The molecule has 3 aromatic rings. The molecule has 6 atom stereocenters. The van der Waals surface area contributed by atoms with E-state index in [4.69, 9.17) is 4.74 Å². The quantitative estimate of drug-likeness (QED) is 0.214. The summed E-state index contributed by atoms with van der Waals surface area (Å²) in [5.41, 5.74) is 3.86. The van der Waals surface area contributed by atoms with Crippen molar-refractivity contribution in [3.05, 3.63) is 106 Å². The number of carbonyl (C=O) groups is 4. The van der Waals surface area contributed by atoms with Crippen LogP contribution >= 0.6 is 15.9 Å². The van der Waals surface area contributed by atoms with Gasteiger partial charge >= 0.3 is 0 Å². The van der Waals surface area contributed by atoms with Crippen LogP contribution in [0.5, 0.6) is 11.5 Å². The molecule has 3 aromatic carbocycles. The van der Waals surface area contributed by atoms with Crippen molar-refractivity contribution >= 4 is 39.6 Å². The summed E-state index contributed by atoms with van der Waals surface area (Å²) < 4.78 is 6.24. The number of carbonyl (C=O) groups excluding carboxylic acids is 4. The van der Waals surface area contributed by atoms with Crippen LogP contribution in [-0.4, -0.2) is 93.7 Å². The molecule has 5 fully saturated rings. The molecule has 4 amide bonds. The van der Waals surface area contributed by atoms with Crippen LogP contribution in [0.15, 0.2) is 88.9 Å². The number of nitrogens with zero attached hydrogens (tertiary/aromatic N) is 4. The predicted octanol–water partition coefficient (Wildman–Crippen LogP) is 6.13. The van der Waals surface area contributed by atoms with Crippen LogP contribution in [-0.2, 0) is 32.3 Å². The molecule has 9 rings (SSSR count). The number of aromatic hydroxyl groups is 1. The van der Waals surface area contributed by atoms with Crippen molar-refractivity contribution in [1.29, 1.82) is 0 Å². The molecule has 0 spiro atoms. The number of imide groups is 2. The number of phenolic OH excluding ortho intramolecular Hbond substituents is 1. The minimum Gasteiger partial charge on any atom is -0.504 e. The van der Waals surface area contributed by atoms with Gasteiger partial charge in [-0.3, -0.25) is 38.8 Å². The van der Waals surface area contributed by atoms with E-state index in [1.54, 1.807) is 15.9 Å². The minimum atomic E-state index is -0.731. The zero-order chi connectivity index (χ0) is 38.7. The summed E-state index contributed by atoms with van der Waals surface area (Å²) >= 11 is 3.60. The number of halogens is 1. The van der Waals surface area contributed by atoms with Crippen molar-refractivity contribution < 1.29 is 29.0 Å². The van der Waals surface area contributed by atoms with Crippen molar-refractivity contribution in [2.45, 2.75) is 69.6 Å². The Balaban J connectivity index is 0.991. The van der Waals surface area contributed by atoms with Crippen LogP contribution in [0.2, 0.25) is 0 Å². The monoisotopic (exact) mass is 820 g/mol.